The molecule has 3 aromatic rings. The van der Waals surface area contributed by atoms with Gasteiger partial charge in [-0.15, -0.1) is 10.2 Å². The number of hydrogen-bond donors (Lipinski definition) is 2. The van der Waals surface area contributed by atoms with Gasteiger partial charge in [0.2, 0.25) is 5.91 Å². The van der Waals surface area contributed by atoms with Gasteiger partial charge in [0, 0.05) is 24.3 Å². The Kier molecular flexibility index (Phi) is 8.41. The fraction of sp³-hybridized carbons (Fsp3) is 0.400. The number of ether oxygens (including phenoxy) is 1. The maximum atomic E-state index is 13.1. The number of nitrogens with zero attached hydrogens (tertiary/aromatic N) is 3. The first-order chi connectivity index (χ1) is 16.6. The SMILES string of the molecule is COc1cccc(NCc2nnc(SCC(=O)NCc3ccc(F)cc3)n2C2CCCCC2)c1. The Morgan fingerprint density at radius 3 is 2.68 bits per heavy atom. The summed E-state index contributed by atoms with van der Waals surface area (Å²) in [7, 11) is 1.65. The molecule has 0 unspecified atom stereocenters. The molecule has 0 radical (unpaired) electrons. The van der Waals surface area contributed by atoms with Crippen LogP contribution in [0.4, 0.5) is 10.1 Å². The number of benzene rings is 2. The Morgan fingerprint density at radius 2 is 1.91 bits per heavy atom. The lowest BCUT2D eigenvalue weighted by molar-refractivity contribution is -0.118. The maximum absolute atomic E-state index is 13.1. The van der Waals surface area contributed by atoms with E-state index in [9.17, 15) is 9.18 Å². The van der Waals surface area contributed by atoms with Gasteiger partial charge in [0.25, 0.3) is 0 Å². The molecule has 1 amide bonds. The van der Waals surface area contributed by atoms with Crippen LogP contribution in [0.25, 0.3) is 0 Å². The van der Waals surface area contributed by atoms with Gasteiger partial charge in [0.1, 0.15) is 11.6 Å². The number of rotatable bonds is 10. The average molecular weight is 484 g/mol. The van der Waals surface area contributed by atoms with Crippen LogP contribution in [0.15, 0.2) is 53.7 Å². The predicted molar refractivity (Wildman–Crippen MR) is 131 cm³/mol. The number of carbonyl (C=O) groups is 1. The molecule has 1 aromatic heterocycles. The molecule has 0 aliphatic heterocycles. The van der Waals surface area contributed by atoms with Crippen LogP contribution >= 0.6 is 11.8 Å². The van der Waals surface area contributed by atoms with Crippen LogP contribution in [0.2, 0.25) is 0 Å². The van der Waals surface area contributed by atoms with Crippen molar-refractivity contribution in [1.82, 2.24) is 20.1 Å². The third-order valence-corrected chi connectivity index (χ3v) is 6.87. The van der Waals surface area contributed by atoms with E-state index in [2.05, 4.69) is 25.4 Å². The molecule has 1 aliphatic carbocycles. The zero-order valence-electron chi connectivity index (χ0n) is 19.3. The number of anilines is 1. The van der Waals surface area contributed by atoms with Crippen LogP contribution in [-0.2, 0) is 17.9 Å². The number of methoxy groups -OCH3 is 1. The van der Waals surface area contributed by atoms with Gasteiger partial charge in [-0.25, -0.2) is 4.39 Å². The molecule has 4 rings (SSSR count). The normalized spacial score (nSPS) is 14.1. The number of thioether (sulfide) groups is 1. The van der Waals surface area contributed by atoms with E-state index in [-0.39, 0.29) is 17.5 Å². The van der Waals surface area contributed by atoms with Crippen molar-refractivity contribution >= 4 is 23.4 Å². The lowest BCUT2D eigenvalue weighted by atomic mass is 9.95. The fourth-order valence-corrected chi connectivity index (χ4v) is 4.98. The molecule has 0 bridgehead atoms. The summed E-state index contributed by atoms with van der Waals surface area (Å²) in [6, 6.07) is 14.3. The third kappa shape index (κ3) is 6.50. The van der Waals surface area contributed by atoms with E-state index in [4.69, 9.17) is 4.74 Å². The molecule has 9 heteroatoms. The van der Waals surface area contributed by atoms with E-state index >= 15 is 0 Å². The van der Waals surface area contributed by atoms with E-state index < -0.39 is 0 Å². The van der Waals surface area contributed by atoms with Crippen LogP contribution in [0.3, 0.4) is 0 Å². The molecule has 1 fully saturated rings. The van der Waals surface area contributed by atoms with Crippen LogP contribution in [0.1, 0.15) is 49.5 Å². The summed E-state index contributed by atoms with van der Waals surface area (Å²) in [6.07, 6.45) is 5.81. The Labute approximate surface area is 203 Å². The summed E-state index contributed by atoms with van der Waals surface area (Å²) in [5.74, 6) is 1.52. The summed E-state index contributed by atoms with van der Waals surface area (Å²) in [4.78, 5) is 12.4. The van der Waals surface area contributed by atoms with Crippen LogP contribution in [-0.4, -0.2) is 33.5 Å². The minimum Gasteiger partial charge on any atom is -0.497 e. The molecule has 0 spiro atoms. The molecule has 1 saturated carbocycles. The van der Waals surface area contributed by atoms with Gasteiger partial charge < -0.3 is 19.9 Å². The van der Waals surface area contributed by atoms with E-state index in [1.54, 1.807) is 19.2 Å². The minimum atomic E-state index is -0.288. The number of halogens is 1. The lowest BCUT2D eigenvalue weighted by Crippen LogP contribution is -2.25. The van der Waals surface area contributed by atoms with Crippen molar-refractivity contribution in [2.75, 3.05) is 18.2 Å². The molecular weight excluding hydrogens is 453 g/mol. The van der Waals surface area contributed by atoms with Crippen molar-refractivity contribution in [1.29, 1.82) is 0 Å². The summed E-state index contributed by atoms with van der Waals surface area (Å²) >= 11 is 1.40. The zero-order chi connectivity index (χ0) is 23.8. The van der Waals surface area contributed by atoms with E-state index in [0.29, 0.717) is 19.1 Å². The summed E-state index contributed by atoms with van der Waals surface area (Å²) in [5.41, 5.74) is 1.81. The molecule has 2 N–H and O–H groups in total. The average Bonchev–Trinajstić information content (AvgIpc) is 3.29. The molecule has 34 heavy (non-hydrogen) atoms. The summed E-state index contributed by atoms with van der Waals surface area (Å²) in [5, 5.41) is 16.0. The molecule has 2 aromatic carbocycles. The van der Waals surface area contributed by atoms with Crippen LogP contribution in [0, 0.1) is 5.82 Å². The fourth-order valence-electron chi connectivity index (χ4n) is 4.13. The minimum absolute atomic E-state index is 0.0939. The molecule has 1 aliphatic rings. The Hall–Kier alpha value is -3.07. The third-order valence-electron chi connectivity index (χ3n) is 5.93. The highest BCUT2D eigenvalue weighted by Gasteiger charge is 2.23. The second-order valence-corrected chi connectivity index (χ2v) is 9.28. The van der Waals surface area contributed by atoms with Crippen molar-refractivity contribution in [3.63, 3.8) is 0 Å². The molecule has 180 valence electrons. The van der Waals surface area contributed by atoms with Gasteiger partial charge in [0.05, 0.1) is 19.4 Å². The zero-order valence-corrected chi connectivity index (χ0v) is 20.1. The highest BCUT2D eigenvalue weighted by molar-refractivity contribution is 7.99. The monoisotopic (exact) mass is 483 g/mol. The topological polar surface area (TPSA) is 81.1 Å². The number of nitrogens with one attached hydrogen (secondary N) is 2. The molecule has 7 nitrogen and oxygen atoms in total. The standard InChI is InChI=1S/C25H30FN5O2S/c1-33-22-9-5-6-20(14-22)27-16-23-29-30-25(31(23)21-7-3-2-4-8-21)34-17-24(32)28-15-18-10-12-19(26)13-11-18/h5-6,9-14,21,27H,2-4,7-8,15-17H2,1H3,(H,28,32). The van der Waals surface area contributed by atoms with Gasteiger partial charge in [-0.3, -0.25) is 4.79 Å². The summed E-state index contributed by atoms with van der Waals surface area (Å²) < 4.78 is 20.6. The highest BCUT2D eigenvalue weighted by atomic mass is 32.2. The summed E-state index contributed by atoms with van der Waals surface area (Å²) in [6.45, 7) is 0.901. The van der Waals surface area contributed by atoms with E-state index in [1.807, 2.05) is 24.3 Å². The van der Waals surface area contributed by atoms with Crippen LogP contribution < -0.4 is 15.4 Å². The predicted octanol–water partition coefficient (Wildman–Crippen LogP) is 4.95. The smallest absolute Gasteiger partial charge is 0.230 e. The van der Waals surface area contributed by atoms with Crippen LogP contribution in [0.5, 0.6) is 5.75 Å². The molecule has 0 atom stereocenters. The quantitative estimate of drug-likeness (QED) is 0.397. The molecular formula is C25H30FN5O2S. The van der Waals surface area contributed by atoms with Crippen molar-refractivity contribution in [3.8, 4) is 5.75 Å². The lowest BCUT2D eigenvalue weighted by Gasteiger charge is -2.25. The number of hydrogen-bond acceptors (Lipinski definition) is 6. The number of carbonyl (C=O) groups excluding carboxylic acids is 1. The van der Waals surface area contributed by atoms with Crippen molar-refractivity contribution in [2.45, 2.75) is 56.4 Å². The molecule has 0 saturated heterocycles. The highest BCUT2D eigenvalue weighted by Crippen LogP contribution is 2.33. The number of amides is 1. The van der Waals surface area contributed by atoms with Gasteiger partial charge in [0.15, 0.2) is 11.0 Å². The van der Waals surface area contributed by atoms with Gasteiger partial charge in [-0.05, 0) is 42.7 Å². The number of aromatic nitrogens is 3. The Morgan fingerprint density at radius 1 is 1.12 bits per heavy atom. The van der Waals surface area contributed by atoms with E-state index in [0.717, 1.165) is 40.8 Å². The Balaban J connectivity index is 1.40. The van der Waals surface area contributed by atoms with Gasteiger partial charge in [-0.1, -0.05) is 49.2 Å². The largest absolute Gasteiger partial charge is 0.497 e. The van der Waals surface area contributed by atoms with Gasteiger partial charge in [-0.2, -0.15) is 0 Å². The van der Waals surface area contributed by atoms with E-state index in [1.165, 1.54) is 43.2 Å². The second-order valence-electron chi connectivity index (χ2n) is 8.34. The first-order valence-corrected chi connectivity index (χ1v) is 12.6. The van der Waals surface area contributed by atoms with Gasteiger partial charge >= 0.3 is 0 Å². The molecule has 1 heterocycles. The maximum Gasteiger partial charge on any atom is 0.230 e. The second kappa shape index (κ2) is 11.9. The Bertz CT molecular complexity index is 1080. The van der Waals surface area contributed by atoms with Crippen molar-refractivity contribution < 1.29 is 13.9 Å². The van der Waals surface area contributed by atoms with Crippen molar-refractivity contribution in [3.05, 3.63) is 65.7 Å². The first-order valence-electron chi connectivity index (χ1n) is 11.6. The van der Waals surface area contributed by atoms with Crippen molar-refractivity contribution in [2.24, 2.45) is 0 Å². The first kappa shape index (κ1) is 24.1.